The number of nitrogens with one attached hydrogen (secondary N) is 1. The Bertz CT molecular complexity index is 677. The molecule has 1 heterocycles. The van der Waals surface area contributed by atoms with Crippen LogP contribution >= 0.6 is 0 Å². The van der Waals surface area contributed by atoms with E-state index in [1.807, 2.05) is 25.1 Å². The minimum atomic E-state index is 0.0441. The van der Waals surface area contributed by atoms with Gasteiger partial charge in [-0.1, -0.05) is 43.5 Å². The monoisotopic (exact) mass is 300 g/mol. The molecule has 1 aromatic carbocycles. The van der Waals surface area contributed by atoms with E-state index in [0.29, 0.717) is 11.8 Å². The van der Waals surface area contributed by atoms with Crippen LogP contribution in [0, 0.1) is 18.8 Å². The highest BCUT2D eigenvalue weighted by atomic mass is 16.5. The van der Waals surface area contributed by atoms with Gasteiger partial charge < -0.3 is 9.84 Å². The van der Waals surface area contributed by atoms with E-state index in [-0.39, 0.29) is 18.4 Å². The topological polar surface area (TPSA) is 55.1 Å². The fourth-order valence-electron chi connectivity index (χ4n) is 3.43. The Morgan fingerprint density at radius 2 is 2.18 bits per heavy atom. The summed E-state index contributed by atoms with van der Waals surface area (Å²) in [6.07, 6.45) is 3.83. The second-order valence-corrected chi connectivity index (χ2v) is 6.75. The van der Waals surface area contributed by atoms with E-state index in [1.54, 1.807) is 0 Å². The fourth-order valence-corrected chi connectivity index (χ4v) is 3.43. The lowest BCUT2D eigenvalue weighted by atomic mass is 9.78. The van der Waals surface area contributed by atoms with Gasteiger partial charge in [0.1, 0.15) is 5.69 Å². The van der Waals surface area contributed by atoms with Crippen LogP contribution in [-0.4, -0.2) is 17.1 Å². The van der Waals surface area contributed by atoms with E-state index >= 15 is 0 Å². The van der Waals surface area contributed by atoms with Crippen molar-refractivity contribution >= 4 is 16.9 Å². The quantitative estimate of drug-likeness (QED) is 0.942. The molecule has 0 unspecified atom stereocenters. The summed E-state index contributed by atoms with van der Waals surface area (Å²) in [6.45, 7) is 6.54. The second kappa shape index (κ2) is 6.11. The number of benzene rings is 1. The van der Waals surface area contributed by atoms with Gasteiger partial charge in [0, 0.05) is 11.4 Å². The summed E-state index contributed by atoms with van der Waals surface area (Å²) in [5.74, 6) is 1.26. The summed E-state index contributed by atoms with van der Waals surface area (Å²) in [4.78, 5) is 12.4. The lowest BCUT2D eigenvalue weighted by molar-refractivity contribution is -0.121. The number of carbonyl (C=O) groups is 1. The maximum atomic E-state index is 12.4. The summed E-state index contributed by atoms with van der Waals surface area (Å²) in [5.41, 5.74) is 2.62. The van der Waals surface area contributed by atoms with Gasteiger partial charge in [-0.15, -0.1) is 0 Å². The van der Waals surface area contributed by atoms with Gasteiger partial charge in [-0.05, 0) is 37.3 Å². The molecule has 4 heteroatoms. The number of rotatable bonds is 3. The first kappa shape index (κ1) is 15.1. The van der Waals surface area contributed by atoms with Crippen LogP contribution in [0.25, 0.3) is 11.0 Å². The normalized spacial score (nSPS) is 25.3. The van der Waals surface area contributed by atoms with Crippen LogP contribution in [0.1, 0.15) is 44.4 Å². The van der Waals surface area contributed by atoms with Gasteiger partial charge in [0.2, 0.25) is 5.91 Å². The van der Waals surface area contributed by atoms with Gasteiger partial charge in [0.15, 0.2) is 5.58 Å². The Morgan fingerprint density at radius 1 is 1.36 bits per heavy atom. The Hall–Kier alpha value is -1.84. The number of aryl methyl sites for hydroxylation is 1. The molecule has 22 heavy (non-hydrogen) atoms. The zero-order valence-electron chi connectivity index (χ0n) is 13.6. The minimum Gasteiger partial charge on any atom is -0.356 e. The molecule has 1 aliphatic carbocycles. The van der Waals surface area contributed by atoms with Crippen molar-refractivity contribution in [2.24, 2.45) is 11.8 Å². The van der Waals surface area contributed by atoms with Crippen molar-refractivity contribution in [2.75, 3.05) is 0 Å². The van der Waals surface area contributed by atoms with E-state index in [4.69, 9.17) is 4.52 Å². The summed E-state index contributed by atoms with van der Waals surface area (Å²) in [5, 5.41) is 8.21. The standard InChI is InChI=1S/C18H24N2O2/c1-11-7-8-17-14(9-11)16(20-22-17)10-18(21)19-15-6-4-5-12(2)13(15)3/h7-9,12-13,15H,4-6,10H2,1-3H3,(H,19,21)/t12-,13-,15-/m1/s1. The number of hydrogen-bond donors (Lipinski definition) is 1. The molecule has 0 bridgehead atoms. The van der Waals surface area contributed by atoms with Crippen LogP contribution in [-0.2, 0) is 11.2 Å². The molecule has 1 N–H and O–H groups in total. The van der Waals surface area contributed by atoms with E-state index in [2.05, 4.69) is 24.3 Å². The van der Waals surface area contributed by atoms with Crippen LogP contribution in [0.4, 0.5) is 0 Å². The van der Waals surface area contributed by atoms with Crippen molar-refractivity contribution < 1.29 is 9.32 Å². The highest BCUT2D eigenvalue weighted by molar-refractivity contribution is 5.86. The number of fused-ring (bicyclic) bond motifs is 1. The van der Waals surface area contributed by atoms with E-state index in [1.165, 1.54) is 12.8 Å². The van der Waals surface area contributed by atoms with Crippen molar-refractivity contribution in [3.8, 4) is 0 Å². The van der Waals surface area contributed by atoms with Gasteiger partial charge in [0.05, 0.1) is 6.42 Å². The first-order valence-corrected chi connectivity index (χ1v) is 8.19. The highest BCUT2D eigenvalue weighted by Crippen LogP contribution is 2.29. The number of hydrogen-bond acceptors (Lipinski definition) is 3. The molecule has 1 aromatic heterocycles. The lowest BCUT2D eigenvalue weighted by Crippen LogP contribution is -2.44. The van der Waals surface area contributed by atoms with Crippen molar-refractivity contribution in [2.45, 2.75) is 52.5 Å². The van der Waals surface area contributed by atoms with Gasteiger partial charge >= 0.3 is 0 Å². The summed E-state index contributed by atoms with van der Waals surface area (Å²) < 4.78 is 5.30. The number of amides is 1. The minimum absolute atomic E-state index is 0.0441. The van der Waals surface area contributed by atoms with Crippen molar-refractivity contribution in [3.63, 3.8) is 0 Å². The fraction of sp³-hybridized carbons (Fsp3) is 0.556. The highest BCUT2D eigenvalue weighted by Gasteiger charge is 2.28. The van der Waals surface area contributed by atoms with Crippen LogP contribution in [0.15, 0.2) is 22.7 Å². The molecular weight excluding hydrogens is 276 g/mol. The van der Waals surface area contributed by atoms with E-state index < -0.39 is 0 Å². The Labute approximate surface area is 131 Å². The second-order valence-electron chi connectivity index (χ2n) is 6.75. The van der Waals surface area contributed by atoms with Gasteiger partial charge in [0.25, 0.3) is 0 Å². The zero-order valence-corrected chi connectivity index (χ0v) is 13.6. The molecule has 118 valence electrons. The third-order valence-corrected chi connectivity index (χ3v) is 5.08. The van der Waals surface area contributed by atoms with Gasteiger partial charge in [-0.2, -0.15) is 0 Å². The third kappa shape index (κ3) is 3.01. The van der Waals surface area contributed by atoms with Gasteiger partial charge in [-0.25, -0.2) is 0 Å². The van der Waals surface area contributed by atoms with Crippen LogP contribution in [0.2, 0.25) is 0 Å². The maximum Gasteiger partial charge on any atom is 0.226 e. The SMILES string of the molecule is Cc1ccc2onc(CC(=O)N[C@@H]3CCC[C@@H](C)[C@H]3C)c2c1. The average Bonchev–Trinajstić information content (AvgIpc) is 2.86. The first-order valence-electron chi connectivity index (χ1n) is 8.19. The molecule has 0 spiro atoms. The Balaban J connectivity index is 1.69. The lowest BCUT2D eigenvalue weighted by Gasteiger charge is -2.34. The predicted octanol–water partition coefficient (Wildman–Crippen LogP) is 3.62. The van der Waals surface area contributed by atoms with Crippen molar-refractivity contribution in [3.05, 3.63) is 29.5 Å². The smallest absolute Gasteiger partial charge is 0.226 e. The predicted molar refractivity (Wildman–Crippen MR) is 86.6 cm³/mol. The molecule has 3 atom stereocenters. The average molecular weight is 300 g/mol. The van der Waals surface area contributed by atoms with Crippen LogP contribution in [0.3, 0.4) is 0 Å². The molecule has 2 aromatic rings. The van der Waals surface area contributed by atoms with Crippen molar-refractivity contribution in [1.82, 2.24) is 10.5 Å². The van der Waals surface area contributed by atoms with E-state index in [9.17, 15) is 4.79 Å². The van der Waals surface area contributed by atoms with Crippen LogP contribution in [0.5, 0.6) is 0 Å². The number of nitrogens with zero attached hydrogens (tertiary/aromatic N) is 1. The third-order valence-electron chi connectivity index (χ3n) is 5.08. The molecule has 4 nitrogen and oxygen atoms in total. The van der Waals surface area contributed by atoms with E-state index in [0.717, 1.165) is 28.6 Å². The summed E-state index contributed by atoms with van der Waals surface area (Å²) in [7, 11) is 0. The molecule has 1 amide bonds. The van der Waals surface area contributed by atoms with Crippen molar-refractivity contribution in [1.29, 1.82) is 0 Å². The molecule has 0 saturated heterocycles. The summed E-state index contributed by atoms with van der Waals surface area (Å²) in [6, 6.07) is 6.21. The Morgan fingerprint density at radius 3 is 3.00 bits per heavy atom. The molecule has 0 aliphatic heterocycles. The maximum absolute atomic E-state index is 12.4. The summed E-state index contributed by atoms with van der Waals surface area (Å²) >= 11 is 0. The first-order chi connectivity index (χ1) is 10.5. The molecule has 1 saturated carbocycles. The van der Waals surface area contributed by atoms with Crippen LogP contribution < -0.4 is 5.32 Å². The van der Waals surface area contributed by atoms with Gasteiger partial charge in [-0.3, -0.25) is 4.79 Å². The molecule has 3 rings (SSSR count). The molecule has 1 fully saturated rings. The number of aromatic nitrogens is 1. The molecule has 1 aliphatic rings. The largest absolute Gasteiger partial charge is 0.356 e. The Kier molecular flexibility index (Phi) is 4.19. The molecular formula is C18H24N2O2. The number of carbonyl (C=O) groups excluding carboxylic acids is 1. The zero-order chi connectivity index (χ0) is 15.7. The molecule has 0 radical (unpaired) electrons.